The predicted molar refractivity (Wildman–Crippen MR) is 92.2 cm³/mol. The van der Waals surface area contributed by atoms with Gasteiger partial charge >= 0.3 is 0 Å². The Balaban J connectivity index is 1.83. The summed E-state index contributed by atoms with van der Waals surface area (Å²) in [5.74, 6) is 0.709. The van der Waals surface area contributed by atoms with Crippen LogP contribution in [0.15, 0.2) is 35.7 Å². The van der Waals surface area contributed by atoms with Gasteiger partial charge in [-0.15, -0.1) is 11.3 Å². The normalized spacial score (nSPS) is 19.2. The Morgan fingerprint density at radius 3 is 2.90 bits per heavy atom. The molecule has 2 heteroatoms. The number of fused-ring (bicyclic) bond motifs is 1. The van der Waals surface area contributed by atoms with Crippen molar-refractivity contribution in [1.29, 1.82) is 0 Å². The van der Waals surface area contributed by atoms with Gasteiger partial charge in [0.05, 0.1) is 0 Å². The molecule has 0 fully saturated rings. The molecule has 1 aromatic heterocycles. The largest absolute Gasteiger partial charge is 0.309 e. The number of hydrogen-bond acceptors (Lipinski definition) is 2. The summed E-state index contributed by atoms with van der Waals surface area (Å²) in [6, 6.07) is 11.8. The molecule has 0 amide bonds. The summed E-state index contributed by atoms with van der Waals surface area (Å²) < 4.78 is 0. The van der Waals surface area contributed by atoms with Crippen molar-refractivity contribution in [3.8, 4) is 0 Å². The highest BCUT2D eigenvalue weighted by atomic mass is 32.1. The Morgan fingerprint density at radius 1 is 1.29 bits per heavy atom. The van der Waals surface area contributed by atoms with Crippen LogP contribution in [0.3, 0.4) is 0 Å². The maximum absolute atomic E-state index is 3.71. The van der Waals surface area contributed by atoms with Gasteiger partial charge in [0.15, 0.2) is 0 Å². The second kappa shape index (κ2) is 6.76. The minimum absolute atomic E-state index is 0.506. The SMILES string of the molecule is CCNC(CC1CCCc2ccccc21)c1sccc1C. The number of nitrogens with one attached hydrogen (secondary N) is 1. The third-order valence-electron chi connectivity index (χ3n) is 4.68. The summed E-state index contributed by atoms with van der Waals surface area (Å²) in [6.45, 7) is 5.49. The average molecular weight is 299 g/mol. The van der Waals surface area contributed by atoms with Gasteiger partial charge in [0.2, 0.25) is 0 Å². The van der Waals surface area contributed by atoms with Crippen molar-refractivity contribution in [3.05, 3.63) is 57.3 Å². The first-order valence-corrected chi connectivity index (χ1v) is 9.02. The molecule has 0 spiro atoms. The van der Waals surface area contributed by atoms with Crippen LogP contribution in [0.5, 0.6) is 0 Å². The summed E-state index contributed by atoms with van der Waals surface area (Å²) in [7, 11) is 0. The first kappa shape index (κ1) is 14.8. The van der Waals surface area contributed by atoms with E-state index < -0.39 is 0 Å². The number of hydrogen-bond donors (Lipinski definition) is 1. The Bertz CT molecular complexity index is 587. The highest BCUT2D eigenvalue weighted by Crippen LogP contribution is 2.39. The predicted octanol–water partition coefficient (Wildman–Crippen LogP) is 5.22. The summed E-state index contributed by atoms with van der Waals surface area (Å²) in [4.78, 5) is 1.53. The van der Waals surface area contributed by atoms with Crippen molar-refractivity contribution in [2.75, 3.05) is 6.54 Å². The van der Waals surface area contributed by atoms with Gasteiger partial charge in [-0.05, 0) is 73.2 Å². The van der Waals surface area contributed by atoms with E-state index >= 15 is 0 Å². The molecule has 1 N–H and O–H groups in total. The van der Waals surface area contributed by atoms with Gasteiger partial charge in [0.25, 0.3) is 0 Å². The van der Waals surface area contributed by atoms with Crippen LogP contribution in [0, 0.1) is 6.92 Å². The van der Waals surface area contributed by atoms with Gasteiger partial charge in [0, 0.05) is 10.9 Å². The maximum Gasteiger partial charge on any atom is 0.0423 e. The Kier molecular flexibility index (Phi) is 4.77. The van der Waals surface area contributed by atoms with Crippen LogP contribution < -0.4 is 5.32 Å². The molecule has 3 rings (SSSR count). The fraction of sp³-hybridized carbons (Fsp3) is 0.474. The van der Waals surface area contributed by atoms with Gasteiger partial charge < -0.3 is 5.32 Å². The number of aryl methyl sites for hydroxylation is 2. The first-order valence-electron chi connectivity index (χ1n) is 8.14. The molecule has 1 aliphatic rings. The minimum atomic E-state index is 0.506. The highest BCUT2D eigenvalue weighted by molar-refractivity contribution is 7.10. The van der Waals surface area contributed by atoms with Crippen molar-refractivity contribution in [3.63, 3.8) is 0 Å². The Hall–Kier alpha value is -1.12. The van der Waals surface area contributed by atoms with E-state index in [9.17, 15) is 0 Å². The van der Waals surface area contributed by atoms with Crippen molar-refractivity contribution >= 4 is 11.3 Å². The molecule has 2 atom stereocenters. The number of benzene rings is 1. The zero-order valence-electron chi connectivity index (χ0n) is 13.1. The van der Waals surface area contributed by atoms with E-state index in [1.807, 2.05) is 11.3 Å². The molecular formula is C19H25NS. The molecule has 2 unspecified atom stereocenters. The third-order valence-corrected chi connectivity index (χ3v) is 5.82. The van der Waals surface area contributed by atoms with Crippen LogP contribution in [0.25, 0.3) is 0 Å². The monoisotopic (exact) mass is 299 g/mol. The van der Waals surface area contributed by atoms with E-state index in [0.717, 1.165) is 6.54 Å². The van der Waals surface area contributed by atoms with Crippen LogP contribution in [-0.2, 0) is 6.42 Å². The van der Waals surface area contributed by atoms with Gasteiger partial charge in [0.1, 0.15) is 0 Å². The zero-order valence-corrected chi connectivity index (χ0v) is 13.9. The smallest absolute Gasteiger partial charge is 0.0423 e. The lowest BCUT2D eigenvalue weighted by Gasteiger charge is -2.29. The molecule has 0 saturated heterocycles. The third kappa shape index (κ3) is 3.22. The zero-order chi connectivity index (χ0) is 14.7. The average Bonchev–Trinajstić information content (AvgIpc) is 2.93. The van der Waals surface area contributed by atoms with E-state index in [4.69, 9.17) is 0 Å². The molecule has 21 heavy (non-hydrogen) atoms. The minimum Gasteiger partial charge on any atom is -0.309 e. The molecule has 2 aromatic rings. The molecule has 1 nitrogen and oxygen atoms in total. The van der Waals surface area contributed by atoms with Gasteiger partial charge in [-0.1, -0.05) is 31.2 Å². The van der Waals surface area contributed by atoms with Crippen LogP contribution in [0.1, 0.15) is 59.7 Å². The van der Waals surface area contributed by atoms with Gasteiger partial charge in [-0.25, -0.2) is 0 Å². The standard InChI is InChI=1S/C19H25NS/c1-3-20-18(19-14(2)11-12-21-19)13-16-9-6-8-15-7-4-5-10-17(15)16/h4-5,7,10-12,16,18,20H,3,6,8-9,13H2,1-2H3. The van der Waals surface area contributed by atoms with Crippen molar-refractivity contribution in [2.24, 2.45) is 0 Å². The van der Waals surface area contributed by atoms with Crippen LogP contribution in [-0.4, -0.2) is 6.54 Å². The molecule has 1 heterocycles. The van der Waals surface area contributed by atoms with Gasteiger partial charge in [-0.2, -0.15) is 0 Å². The summed E-state index contributed by atoms with van der Waals surface area (Å²) in [6.07, 6.45) is 5.16. The fourth-order valence-corrected chi connectivity index (χ4v) is 4.67. The molecule has 0 bridgehead atoms. The highest BCUT2D eigenvalue weighted by Gasteiger charge is 2.24. The fourth-order valence-electron chi connectivity index (χ4n) is 3.65. The van der Waals surface area contributed by atoms with E-state index in [0.29, 0.717) is 12.0 Å². The molecule has 1 aromatic carbocycles. The topological polar surface area (TPSA) is 12.0 Å². The van der Waals surface area contributed by atoms with E-state index in [1.54, 1.807) is 11.1 Å². The lowest BCUT2D eigenvalue weighted by atomic mass is 9.79. The molecule has 1 aliphatic carbocycles. The maximum atomic E-state index is 3.71. The van der Waals surface area contributed by atoms with Crippen molar-refractivity contribution < 1.29 is 0 Å². The van der Waals surface area contributed by atoms with E-state index in [2.05, 4.69) is 54.9 Å². The lowest BCUT2D eigenvalue weighted by molar-refractivity contribution is 0.429. The molecule has 0 aliphatic heterocycles. The molecular weight excluding hydrogens is 274 g/mol. The Labute approximate surface area is 132 Å². The van der Waals surface area contributed by atoms with E-state index in [-0.39, 0.29) is 0 Å². The second-order valence-electron chi connectivity index (χ2n) is 6.10. The number of rotatable bonds is 5. The second-order valence-corrected chi connectivity index (χ2v) is 7.05. The number of thiophene rings is 1. The molecule has 0 saturated carbocycles. The Morgan fingerprint density at radius 2 is 2.14 bits per heavy atom. The quantitative estimate of drug-likeness (QED) is 0.798. The van der Waals surface area contributed by atoms with E-state index in [1.165, 1.54) is 36.1 Å². The van der Waals surface area contributed by atoms with Gasteiger partial charge in [-0.3, -0.25) is 0 Å². The van der Waals surface area contributed by atoms with Crippen molar-refractivity contribution in [1.82, 2.24) is 5.32 Å². The van der Waals surface area contributed by atoms with Crippen molar-refractivity contribution in [2.45, 2.75) is 51.5 Å². The lowest BCUT2D eigenvalue weighted by Crippen LogP contribution is -2.24. The summed E-state index contributed by atoms with van der Waals surface area (Å²) in [5.41, 5.74) is 4.61. The first-order chi connectivity index (χ1) is 10.3. The van der Waals surface area contributed by atoms with Crippen LogP contribution in [0.4, 0.5) is 0 Å². The summed E-state index contributed by atoms with van der Waals surface area (Å²) >= 11 is 1.90. The molecule has 112 valence electrons. The molecule has 0 radical (unpaired) electrons. The van der Waals surface area contributed by atoms with Crippen LogP contribution in [0.2, 0.25) is 0 Å². The van der Waals surface area contributed by atoms with Crippen LogP contribution >= 0.6 is 11.3 Å². The summed E-state index contributed by atoms with van der Waals surface area (Å²) in [5, 5.41) is 5.94.